The number of nitrogens with one attached hydrogen (secondary N) is 2. The Kier molecular flexibility index (Phi) is 7.19. The third-order valence-electron chi connectivity index (χ3n) is 3.09. The zero-order valence-corrected chi connectivity index (χ0v) is 13.0. The summed E-state index contributed by atoms with van der Waals surface area (Å²) in [7, 11) is 0. The van der Waals surface area contributed by atoms with E-state index in [-0.39, 0.29) is 24.1 Å². The van der Waals surface area contributed by atoms with E-state index < -0.39 is 5.97 Å². The van der Waals surface area contributed by atoms with Gasteiger partial charge in [0.2, 0.25) is 5.91 Å². The molecule has 1 aromatic carbocycles. The molecule has 1 atom stereocenters. The Morgan fingerprint density at radius 1 is 1.38 bits per heavy atom. The van der Waals surface area contributed by atoms with Gasteiger partial charge in [-0.15, -0.1) is 0 Å². The number of amides is 1. The van der Waals surface area contributed by atoms with Gasteiger partial charge < -0.3 is 15.7 Å². The summed E-state index contributed by atoms with van der Waals surface area (Å²) in [6, 6.07) is 4.46. The van der Waals surface area contributed by atoms with E-state index in [1.807, 2.05) is 6.92 Å². The van der Waals surface area contributed by atoms with Gasteiger partial charge in [0.15, 0.2) is 0 Å². The van der Waals surface area contributed by atoms with Gasteiger partial charge in [-0.1, -0.05) is 31.4 Å². The number of hydrogen-bond donors (Lipinski definition) is 3. The van der Waals surface area contributed by atoms with Gasteiger partial charge in [-0.3, -0.25) is 4.79 Å². The first kappa shape index (κ1) is 17.5. The molecule has 6 heteroatoms. The molecule has 0 aromatic heterocycles. The summed E-state index contributed by atoms with van der Waals surface area (Å²) in [6.45, 7) is 4.32. The lowest BCUT2D eigenvalue weighted by Crippen LogP contribution is -2.34. The van der Waals surface area contributed by atoms with Crippen molar-refractivity contribution in [2.75, 3.05) is 11.9 Å². The summed E-state index contributed by atoms with van der Waals surface area (Å²) in [5.41, 5.74) is 0.392. The molecule has 1 amide bonds. The molecule has 0 aliphatic carbocycles. The average Bonchev–Trinajstić information content (AvgIpc) is 2.45. The molecule has 0 aliphatic rings. The Morgan fingerprint density at radius 3 is 2.71 bits per heavy atom. The van der Waals surface area contributed by atoms with Crippen molar-refractivity contribution in [1.29, 1.82) is 0 Å². The van der Waals surface area contributed by atoms with Crippen LogP contribution < -0.4 is 10.6 Å². The van der Waals surface area contributed by atoms with Gasteiger partial charge in [0, 0.05) is 6.04 Å². The molecule has 1 rings (SSSR count). The van der Waals surface area contributed by atoms with E-state index in [1.54, 1.807) is 0 Å². The number of halogens is 1. The summed E-state index contributed by atoms with van der Waals surface area (Å²) >= 11 is 5.95. The fourth-order valence-electron chi connectivity index (χ4n) is 1.83. The average molecular weight is 313 g/mol. The first-order valence-electron chi connectivity index (χ1n) is 7.00. The Bertz CT molecular complexity index is 506. The zero-order chi connectivity index (χ0) is 15.8. The maximum atomic E-state index is 11.8. The summed E-state index contributed by atoms with van der Waals surface area (Å²) in [5.74, 6) is -1.31. The van der Waals surface area contributed by atoms with Crippen molar-refractivity contribution in [3.05, 3.63) is 28.8 Å². The molecule has 1 unspecified atom stereocenters. The first-order valence-corrected chi connectivity index (χ1v) is 7.38. The van der Waals surface area contributed by atoms with Crippen molar-refractivity contribution in [1.82, 2.24) is 5.32 Å². The van der Waals surface area contributed by atoms with Gasteiger partial charge in [-0.05, 0) is 31.5 Å². The van der Waals surface area contributed by atoms with Gasteiger partial charge in [-0.2, -0.15) is 0 Å². The van der Waals surface area contributed by atoms with Crippen LogP contribution in [-0.4, -0.2) is 29.6 Å². The second-order valence-electron chi connectivity index (χ2n) is 4.97. The van der Waals surface area contributed by atoms with E-state index in [1.165, 1.54) is 18.2 Å². The van der Waals surface area contributed by atoms with Crippen LogP contribution in [0.1, 0.15) is 43.5 Å². The maximum absolute atomic E-state index is 11.8. The first-order chi connectivity index (χ1) is 9.93. The van der Waals surface area contributed by atoms with Crippen LogP contribution in [0.3, 0.4) is 0 Å². The summed E-state index contributed by atoms with van der Waals surface area (Å²) < 4.78 is 0. The van der Waals surface area contributed by atoms with Gasteiger partial charge >= 0.3 is 5.97 Å². The van der Waals surface area contributed by atoms with Gasteiger partial charge in [0.25, 0.3) is 0 Å². The number of anilines is 1. The largest absolute Gasteiger partial charge is 0.478 e. The van der Waals surface area contributed by atoms with Crippen molar-refractivity contribution >= 4 is 29.2 Å². The second-order valence-corrected chi connectivity index (χ2v) is 5.38. The molecule has 116 valence electrons. The minimum absolute atomic E-state index is 0.0824. The lowest BCUT2D eigenvalue weighted by atomic mass is 10.1. The number of hydrogen-bond acceptors (Lipinski definition) is 3. The second kappa shape index (κ2) is 8.64. The third kappa shape index (κ3) is 6.14. The van der Waals surface area contributed by atoms with Crippen LogP contribution in [0.2, 0.25) is 5.02 Å². The fourth-order valence-corrected chi connectivity index (χ4v) is 1.99. The molecule has 0 bridgehead atoms. The number of carbonyl (C=O) groups is 2. The normalized spacial score (nSPS) is 12.0. The highest BCUT2D eigenvalue weighted by Gasteiger charge is 2.11. The summed E-state index contributed by atoms with van der Waals surface area (Å²) in [5, 5.41) is 15.0. The van der Waals surface area contributed by atoms with Gasteiger partial charge in [-0.25, -0.2) is 4.79 Å². The summed E-state index contributed by atoms with van der Waals surface area (Å²) in [4.78, 5) is 22.7. The van der Waals surface area contributed by atoms with Crippen LogP contribution in [0.25, 0.3) is 0 Å². The highest BCUT2D eigenvalue weighted by molar-refractivity contribution is 6.33. The number of unbranched alkanes of at least 4 members (excludes halogenated alkanes) is 1. The zero-order valence-electron chi connectivity index (χ0n) is 12.3. The molecule has 0 aliphatic heterocycles. The SMILES string of the molecule is CCCCC(C)NCC(=O)Nc1cc(C(=O)O)ccc1Cl. The number of carbonyl (C=O) groups excluding carboxylic acids is 1. The lowest BCUT2D eigenvalue weighted by molar-refractivity contribution is -0.115. The van der Waals surface area contributed by atoms with Crippen molar-refractivity contribution in [3.63, 3.8) is 0 Å². The molecule has 5 nitrogen and oxygen atoms in total. The molecule has 21 heavy (non-hydrogen) atoms. The molecule has 3 N–H and O–H groups in total. The van der Waals surface area contributed by atoms with E-state index in [4.69, 9.17) is 16.7 Å². The Hall–Kier alpha value is -1.59. The van der Waals surface area contributed by atoms with Crippen molar-refractivity contribution < 1.29 is 14.7 Å². The Morgan fingerprint density at radius 2 is 2.10 bits per heavy atom. The fraction of sp³-hybridized carbons (Fsp3) is 0.467. The minimum atomic E-state index is -1.06. The molecule has 0 heterocycles. The molecule has 0 spiro atoms. The molecule has 1 aromatic rings. The topological polar surface area (TPSA) is 78.4 Å². The van der Waals surface area contributed by atoms with Crippen molar-refractivity contribution in [3.8, 4) is 0 Å². The minimum Gasteiger partial charge on any atom is -0.478 e. The van der Waals surface area contributed by atoms with Crippen molar-refractivity contribution in [2.24, 2.45) is 0 Å². The smallest absolute Gasteiger partial charge is 0.335 e. The van der Waals surface area contributed by atoms with E-state index in [9.17, 15) is 9.59 Å². The molecule has 0 saturated carbocycles. The predicted molar refractivity (Wildman–Crippen MR) is 84.0 cm³/mol. The van der Waals surface area contributed by atoms with Crippen LogP contribution in [0.5, 0.6) is 0 Å². The molecule has 0 saturated heterocycles. The highest BCUT2D eigenvalue weighted by atomic mass is 35.5. The van der Waals surface area contributed by atoms with Crippen LogP contribution in [0.4, 0.5) is 5.69 Å². The van der Waals surface area contributed by atoms with Crippen molar-refractivity contribution in [2.45, 2.75) is 39.2 Å². The summed E-state index contributed by atoms with van der Waals surface area (Å²) in [6.07, 6.45) is 3.25. The highest BCUT2D eigenvalue weighted by Crippen LogP contribution is 2.23. The van der Waals surface area contributed by atoms with Crippen LogP contribution in [-0.2, 0) is 4.79 Å². The van der Waals surface area contributed by atoms with Gasteiger partial charge in [0.05, 0.1) is 22.8 Å². The number of aromatic carboxylic acids is 1. The van der Waals surface area contributed by atoms with E-state index in [0.29, 0.717) is 10.7 Å². The number of benzene rings is 1. The number of carboxylic acid groups (broad SMARTS) is 1. The van der Waals surface area contributed by atoms with Crippen LogP contribution in [0.15, 0.2) is 18.2 Å². The van der Waals surface area contributed by atoms with E-state index >= 15 is 0 Å². The standard InChI is InChI=1S/C15H21ClN2O3/c1-3-4-5-10(2)17-9-14(19)18-13-8-11(15(20)21)6-7-12(13)16/h6-8,10,17H,3-5,9H2,1-2H3,(H,18,19)(H,20,21). The lowest BCUT2D eigenvalue weighted by Gasteiger charge is -2.13. The number of rotatable bonds is 8. The quantitative estimate of drug-likeness (QED) is 0.689. The molecular weight excluding hydrogens is 292 g/mol. The Balaban J connectivity index is 2.54. The van der Waals surface area contributed by atoms with E-state index in [2.05, 4.69) is 17.6 Å². The molecule has 0 fully saturated rings. The van der Waals surface area contributed by atoms with E-state index in [0.717, 1.165) is 19.3 Å². The third-order valence-corrected chi connectivity index (χ3v) is 3.42. The van der Waals surface area contributed by atoms with Gasteiger partial charge in [0.1, 0.15) is 0 Å². The van der Waals surface area contributed by atoms with Crippen LogP contribution in [0, 0.1) is 0 Å². The maximum Gasteiger partial charge on any atom is 0.335 e. The monoisotopic (exact) mass is 312 g/mol. The number of carboxylic acids is 1. The molecule has 0 radical (unpaired) electrons. The Labute approximate surface area is 129 Å². The van der Waals surface area contributed by atoms with Crippen LogP contribution >= 0.6 is 11.6 Å². The predicted octanol–water partition coefficient (Wildman–Crippen LogP) is 3.15. The molecular formula is C15H21ClN2O3.